The van der Waals surface area contributed by atoms with E-state index in [1.165, 1.54) is 184 Å². The van der Waals surface area contributed by atoms with Gasteiger partial charge in [-0.3, -0.25) is 0 Å². The first kappa shape index (κ1) is 71.3. The summed E-state index contributed by atoms with van der Waals surface area (Å²) in [5.74, 6) is 0. The van der Waals surface area contributed by atoms with Gasteiger partial charge in [-0.05, 0) is 211 Å². The highest BCUT2D eigenvalue weighted by Crippen LogP contribution is 2.52. The molecular weight excluding hydrogens is 1510 g/mol. The fourth-order valence-electron chi connectivity index (χ4n) is 20.0. The van der Waals surface area contributed by atoms with E-state index in [0.717, 1.165) is 66.1 Å². The van der Waals surface area contributed by atoms with Crippen LogP contribution in [-0.2, 0) is 0 Å². The summed E-state index contributed by atoms with van der Waals surface area (Å²) in [7, 11) is 0. The zero-order chi connectivity index (χ0) is 81.0. The highest BCUT2D eigenvalue weighted by atomic mass is 32.1. The van der Waals surface area contributed by atoms with Gasteiger partial charge < -0.3 is 8.83 Å². The molecule has 2 nitrogen and oxygen atoms in total. The van der Waals surface area contributed by atoms with Crippen molar-refractivity contribution in [1.29, 1.82) is 0 Å². The van der Waals surface area contributed by atoms with E-state index in [0.29, 0.717) is 0 Å². The van der Waals surface area contributed by atoms with Crippen LogP contribution in [0.2, 0.25) is 0 Å². The highest BCUT2D eigenvalue weighted by Gasteiger charge is 2.24. The van der Waals surface area contributed by atoms with Crippen LogP contribution in [0.25, 0.3) is 250 Å². The molecule has 3 heteroatoms. The number of furan rings is 2. The number of fused-ring (bicyclic) bond motifs is 18. The fraction of sp³-hybridized carbons (Fsp3) is 0. The summed E-state index contributed by atoms with van der Waals surface area (Å²) >= 11 is 1.87. The van der Waals surface area contributed by atoms with Crippen LogP contribution < -0.4 is 0 Å². The van der Waals surface area contributed by atoms with Gasteiger partial charge in [-0.15, -0.1) is 11.3 Å². The molecule has 0 spiro atoms. The number of thiophene rings is 1. The molecule has 0 bridgehead atoms. The third-order valence-corrected chi connectivity index (χ3v) is 26.5. The molecular formula is C120H74O2S. The van der Waals surface area contributed by atoms with Gasteiger partial charge in [-0.25, -0.2) is 0 Å². The SMILES string of the molecule is c1cc(-c2c3ccccc3c(-c3cccc4ccccc34)c3ccccc23)cc(-c2cccc3c2oc2ccccc23)c1.c1ccc2c(-c3c4ccccc4c(-c4ccc(-c5cccc6c5oc5ccccc56)cc4)c4ccccc34)cccc2c1.c1ccc2c(-c3c4ccccc4c(-c4ccc5sc6ccccc6c5c4)c4ccccc34)cccc2c1. The molecule has 0 atom stereocenters. The Balaban J connectivity index is 0.000000104. The van der Waals surface area contributed by atoms with Gasteiger partial charge in [-0.2, -0.15) is 0 Å². The van der Waals surface area contributed by atoms with Crippen LogP contribution >= 0.6 is 11.3 Å². The summed E-state index contributed by atoms with van der Waals surface area (Å²) < 4.78 is 15.5. The quantitative estimate of drug-likeness (QED) is 0.142. The van der Waals surface area contributed by atoms with Crippen LogP contribution in [0.1, 0.15) is 0 Å². The largest absolute Gasteiger partial charge is 0.455 e. The Morgan fingerprint density at radius 1 is 0.138 bits per heavy atom. The molecule has 0 aliphatic heterocycles. The monoisotopic (exact) mass is 1580 g/mol. The second kappa shape index (κ2) is 29.6. The average Bonchev–Trinajstić information content (AvgIpc) is 1.06. The minimum Gasteiger partial charge on any atom is -0.455 e. The van der Waals surface area contributed by atoms with Crippen molar-refractivity contribution < 1.29 is 8.83 Å². The maximum Gasteiger partial charge on any atom is 0.143 e. The summed E-state index contributed by atoms with van der Waals surface area (Å²) in [6.07, 6.45) is 0. The predicted octanol–water partition coefficient (Wildman–Crippen LogP) is 34.9. The van der Waals surface area contributed by atoms with Crippen LogP contribution in [0, 0.1) is 0 Å². The first-order chi connectivity index (χ1) is 61.1. The molecule has 123 heavy (non-hydrogen) atoms. The molecule has 0 N–H and O–H groups in total. The van der Waals surface area contributed by atoms with Crippen molar-refractivity contribution >= 4 is 172 Å². The second-order valence-corrected chi connectivity index (χ2v) is 33.2. The zero-order valence-corrected chi connectivity index (χ0v) is 67.8. The molecule has 26 aromatic rings. The molecule has 3 heterocycles. The number of benzene rings is 23. The second-order valence-electron chi connectivity index (χ2n) is 32.1. The number of rotatable bonds is 8. The Morgan fingerprint density at radius 3 is 0.813 bits per heavy atom. The smallest absolute Gasteiger partial charge is 0.143 e. The van der Waals surface area contributed by atoms with E-state index in [-0.39, 0.29) is 0 Å². The Morgan fingerprint density at radius 2 is 0.398 bits per heavy atom. The van der Waals surface area contributed by atoms with Crippen LogP contribution in [0.15, 0.2) is 458 Å². The zero-order valence-electron chi connectivity index (χ0n) is 66.9. The first-order valence-corrected chi connectivity index (χ1v) is 43.1. The standard InChI is InChI=1S/2C42H26O.C36H22S/c1-2-16-30-27(12-1)13-10-23-33(30)41-36-20-5-3-18-34(36)40(35-19-4-6-21-37(35)41)29-15-9-14-28(26-29)31-22-11-24-38-32-17-7-8-25-39(32)43-42(31)38;1-2-13-30-27(11-1)12-9-20-33(30)41-36-17-5-3-15-34(36)40(35-16-4-6-18-37(35)41)29-25-23-28(24-26-29)31-19-10-21-38-32-14-7-8-22-39(32)43-42(31)38;1-2-12-25-23(10-1)11-9-18-27(25)36-30-16-5-3-14-28(30)35(29-15-4-6-17-31(29)36)24-20-21-34-32(22-24)26-13-7-8-19-33(26)37-34/h2*1-26H;1-22H. The summed E-state index contributed by atoms with van der Waals surface area (Å²) in [5, 5.41) is 30.2. The minimum atomic E-state index is 0.919. The van der Waals surface area contributed by atoms with Gasteiger partial charge >= 0.3 is 0 Å². The summed E-state index contributed by atoms with van der Waals surface area (Å²) in [4.78, 5) is 0. The van der Waals surface area contributed by atoms with Gasteiger partial charge in [0.05, 0.1) is 0 Å². The van der Waals surface area contributed by atoms with Crippen LogP contribution in [0.4, 0.5) is 0 Å². The molecule has 0 fully saturated rings. The highest BCUT2D eigenvalue weighted by molar-refractivity contribution is 7.25. The van der Waals surface area contributed by atoms with Crippen molar-refractivity contribution in [3.63, 3.8) is 0 Å². The normalized spacial score (nSPS) is 11.7. The Bertz CT molecular complexity index is 8590. The summed E-state index contributed by atoms with van der Waals surface area (Å²) in [6.45, 7) is 0. The van der Waals surface area contributed by atoms with Crippen LogP contribution in [0.5, 0.6) is 0 Å². The van der Waals surface area contributed by atoms with E-state index in [4.69, 9.17) is 8.83 Å². The van der Waals surface area contributed by atoms with Crippen molar-refractivity contribution in [2.75, 3.05) is 0 Å². The third kappa shape index (κ3) is 11.9. The molecule has 26 rings (SSSR count). The molecule has 23 aromatic carbocycles. The lowest BCUT2D eigenvalue weighted by Crippen LogP contribution is -1.92. The van der Waals surface area contributed by atoms with E-state index in [1.807, 2.05) is 35.6 Å². The molecule has 0 aliphatic rings. The average molecular weight is 1580 g/mol. The van der Waals surface area contributed by atoms with Crippen molar-refractivity contribution in [2.45, 2.75) is 0 Å². The summed E-state index contributed by atoms with van der Waals surface area (Å²) in [6, 6.07) is 163. The number of hydrogen-bond donors (Lipinski definition) is 0. The Kier molecular flexibility index (Phi) is 17.2. The van der Waals surface area contributed by atoms with E-state index in [2.05, 4.69) is 425 Å². The van der Waals surface area contributed by atoms with Crippen LogP contribution in [-0.4, -0.2) is 0 Å². The van der Waals surface area contributed by atoms with Gasteiger partial charge in [0, 0.05) is 52.8 Å². The lowest BCUT2D eigenvalue weighted by atomic mass is 9.84. The number of para-hydroxylation sites is 4. The maximum atomic E-state index is 6.42. The van der Waals surface area contributed by atoms with Gasteiger partial charge in [0.2, 0.25) is 0 Å². The van der Waals surface area contributed by atoms with Crippen molar-refractivity contribution in [2.24, 2.45) is 0 Å². The third-order valence-electron chi connectivity index (χ3n) is 25.4. The van der Waals surface area contributed by atoms with E-state index >= 15 is 0 Å². The first-order valence-electron chi connectivity index (χ1n) is 42.3. The minimum absolute atomic E-state index is 0.919. The fourth-order valence-corrected chi connectivity index (χ4v) is 21.1. The Labute approximate surface area is 713 Å². The number of hydrogen-bond acceptors (Lipinski definition) is 3. The van der Waals surface area contributed by atoms with Crippen molar-refractivity contribution in [3.8, 4) is 89.0 Å². The summed E-state index contributed by atoms with van der Waals surface area (Å²) in [5.41, 5.74) is 23.5. The molecule has 3 aromatic heterocycles. The molecule has 0 amide bonds. The Hall–Kier alpha value is -15.8. The molecule has 0 unspecified atom stereocenters. The van der Waals surface area contributed by atoms with E-state index < -0.39 is 0 Å². The van der Waals surface area contributed by atoms with Gasteiger partial charge in [0.1, 0.15) is 22.3 Å². The lowest BCUT2D eigenvalue weighted by Gasteiger charge is -2.19. The van der Waals surface area contributed by atoms with Gasteiger partial charge in [0.15, 0.2) is 0 Å². The van der Waals surface area contributed by atoms with Crippen molar-refractivity contribution in [3.05, 3.63) is 449 Å². The molecule has 0 saturated carbocycles. The maximum absolute atomic E-state index is 6.42. The van der Waals surface area contributed by atoms with Gasteiger partial charge in [-0.1, -0.05) is 413 Å². The molecule has 0 radical (unpaired) electrons. The topological polar surface area (TPSA) is 26.3 Å². The van der Waals surface area contributed by atoms with Gasteiger partial charge in [0.25, 0.3) is 0 Å². The molecule has 572 valence electrons. The van der Waals surface area contributed by atoms with Crippen molar-refractivity contribution in [1.82, 2.24) is 0 Å². The molecule has 0 aliphatic carbocycles. The van der Waals surface area contributed by atoms with E-state index in [9.17, 15) is 0 Å². The van der Waals surface area contributed by atoms with Crippen LogP contribution in [0.3, 0.4) is 0 Å². The molecule has 0 saturated heterocycles. The lowest BCUT2D eigenvalue weighted by molar-refractivity contribution is 0.669. The van der Waals surface area contributed by atoms with E-state index in [1.54, 1.807) is 0 Å². The predicted molar refractivity (Wildman–Crippen MR) is 528 cm³/mol.